The van der Waals surface area contributed by atoms with Gasteiger partial charge in [0, 0.05) is 19.1 Å². The van der Waals surface area contributed by atoms with E-state index in [1.54, 1.807) is 0 Å². The third-order valence-electron chi connectivity index (χ3n) is 1.57. The maximum Gasteiger partial charge on any atom is 0.0974 e. The number of β-amino-alcohol motifs (C(OH)–C–C–N with tert-alkyl or cyclic N) is 1. The molecular formula is C5H12N2O2. The monoisotopic (exact) mass is 132 g/mol. The minimum Gasteiger partial charge on any atom is -0.389 e. The highest BCUT2D eigenvalue weighted by Gasteiger charge is 2.26. The molecule has 54 valence electrons. The second-order valence-corrected chi connectivity index (χ2v) is 2.38. The highest BCUT2D eigenvalue weighted by molar-refractivity contribution is 4.86. The summed E-state index contributed by atoms with van der Waals surface area (Å²) in [6, 6.07) is -0.325. The molecule has 1 fully saturated rings. The molecule has 0 aromatic carbocycles. The minimum atomic E-state index is -0.758. The van der Waals surface area contributed by atoms with Crippen molar-refractivity contribution >= 4 is 0 Å². The van der Waals surface area contributed by atoms with Crippen molar-refractivity contribution in [2.24, 2.45) is 5.73 Å². The molecule has 0 bridgehead atoms. The van der Waals surface area contributed by atoms with E-state index in [0.29, 0.717) is 13.1 Å². The van der Waals surface area contributed by atoms with Crippen molar-refractivity contribution in [1.82, 2.24) is 5.32 Å². The lowest BCUT2D eigenvalue weighted by molar-refractivity contribution is -0.0113. The summed E-state index contributed by atoms with van der Waals surface area (Å²) in [6.45, 7) is 1.02. The van der Waals surface area contributed by atoms with E-state index < -0.39 is 12.2 Å². The number of hydrogen-bond donors (Lipinski definition) is 4. The Morgan fingerprint density at radius 1 is 1.33 bits per heavy atom. The summed E-state index contributed by atoms with van der Waals surface area (Å²) in [6.07, 6.45) is -1.46. The summed E-state index contributed by atoms with van der Waals surface area (Å²) in [5.74, 6) is 0. The molecule has 3 unspecified atom stereocenters. The molecule has 3 atom stereocenters. The van der Waals surface area contributed by atoms with Crippen LogP contribution in [0.15, 0.2) is 0 Å². The van der Waals surface area contributed by atoms with E-state index >= 15 is 0 Å². The maximum absolute atomic E-state index is 9.03. The summed E-state index contributed by atoms with van der Waals surface area (Å²) in [4.78, 5) is 0. The Balaban J connectivity index is 2.41. The van der Waals surface area contributed by atoms with Crippen LogP contribution in [0.1, 0.15) is 0 Å². The van der Waals surface area contributed by atoms with Gasteiger partial charge in [-0.25, -0.2) is 0 Å². The Kier molecular flexibility index (Phi) is 2.02. The third kappa shape index (κ3) is 1.40. The number of nitrogens with two attached hydrogens (primary N) is 1. The van der Waals surface area contributed by atoms with Gasteiger partial charge < -0.3 is 21.3 Å². The fraction of sp³-hybridized carbons (Fsp3) is 1.00. The van der Waals surface area contributed by atoms with Crippen LogP contribution < -0.4 is 11.1 Å². The molecule has 4 heteroatoms. The van der Waals surface area contributed by atoms with Crippen LogP contribution in [0, 0.1) is 0 Å². The Bertz CT molecular complexity index is 89.0. The van der Waals surface area contributed by atoms with Crippen LogP contribution >= 0.6 is 0 Å². The van der Waals surface area contributed by atoms with Gasteiger partial charge in [0.2, 0.25) is 0 Å². The minimum absolute atomic E-state index is 0.325. The predicted octanol–water partition coefficient (Wildman–Crippen LogP) is -2.36. The summed E-state index contributed by atoms with van der Waals surface area (Å²) in [5.41, 5.74) is 5.40. The van der Waals surface area contributed by atoms with Crippen molar-refractivity contribution in [3.63, 3.8) is 0 Å². The zero-order valence-corrected chi connectivity index (χ0v) is 5.12. The second-order valence-electron chi connectivity index (χ2n) is 2.38. The van der Waals surface area contributed by atoms with Gasteiger partial charge in [0.1, 0.15) is 0 Å². The highest BCUT2D eigenvalue weighted by Crippen LogP contribution is 2.00. The Labute approximate surface area is 53.7 Å². The summed E-state index contributed by atoms with van der Waals surface area (Å²) >= 11 is 0. The lowest BCUT2D eigenvalue weighted by atomic mass is 10.0. The van der Waals surface area contributed by atoms with Crippen molar-refractivity contribution in [1.29, 1.82) is 0 Å². The van der Waals surface area contributed by atoms with Crippen molar-refractivity contribution < 1.29 is 10.2 Å². The summed E-state index contributed by atoms with van der Waals surface area (Å²) in [7, 11) is 0. The molecule has 4 nitrogen and oxygen atoms in total. The standard InChI is InChI=1S/C5H12N2O2/c6-3-1-7-2-4(8)5(3)9/h3-5,7-9H,1-2,6H2. The Hall–Kier alpha value is -0.160. The number of hydrogen-bond acceptors (Lipinski definition) is 4. The van der Waals surface area contributed by atoms with Crippen LogP contribution in [0.25, 0.3) is 0 Å². The molecule has 1 heterocycles. The van der Waals surface area contributed by atoms with Crippen LogP contribution in [0.5, 0.6) is 0 Å². The topological polar surface area (TPSA) is 78.5 Å². The van der Waals surface area contributed by atoms with Gasteiger partial charge in [-0.1, -0.05) is 0 Å². The number of aliphatic hydroxyl groups excluding tert-OH is 2. The van der Waals surface area contributed by atoms with E-state index in [4.69, 9.17) is 15.9 Å². The molecule has 1 saturated heterocycles. The second kappa shape index (κ2) is 2.62. The van der Waals surface area contributed by atoms with Crippen LogP contribution in [-0.4, -0.2) is 41.6 Å². The average molecular weight is 132 g/mol. The van der Waals surface area contributed by atoms with Gasteiger partial charge in [0.15, 0.2) is 0 Å². The quantitative estimate of drug-likeness (QED) is 0.297. The van der Waals surface area contributed by atoms with E-state index in [2.05, 4.69) is 5.32 Å². The number of aliphatic hydroxyl groups is 2. The van der Waals surface area contributed by atoms with Crippen LogP contribution in [-0.2, 0) is 0 Å². The van der Waals surface area contributed by atoms with E-state index in [-0.39, 0.29) is 6.04 Å². The molecule has 0 amide bonds. The predicted molar refractivity (Wildman–Crippen MR) is 32.9 cm³/mol. The van der Waals surface area contributed by atoms with E-state index in [1.165, 1.54) is 0 Å². The Morgan fingerprint density at radius 3 is 2.44 bits per heavy atom. The van der Waals surface area contributed by atoms with Gasteiger partial charge in [0.25, 0.3) is 0 Å². The smallest absolute Gasteiger partial charge is 0.0974 e. The van der Waals surface area contributed by atoms with Crippen LogP contribution in [0.3, 0.4) is 0 Å². The molecule has 9 heavy (non-hydrogen) atoms. The molecule has 0 saturated carbocycles. The van der Waals surface area contributed by atoms with Crippen molar-refractivity contribution in [3.05, 3.63) is 0 Å². The molecule has 5 N–H and O–H groups in total. The first kappa shape index (κ1) is 6.95. The van der Waals surface area contributed by atoms with Gasteiger partial charge in [-0.05, 0) is 0 Å². The summed E-state index contributed by atoms with van der Waals surface area (Å²) < 4.78 is 0. The van der Waals surface area contributed by atoms with Gasteiger partial charge in [-0.2, -0.15) is 0 Å². The van der Waals surface area contributed by atoms with Crippen LogP contribution in [0.2, 0.25) is 0 Å². The molecule has 1 aliphatic rings. The maximum atomic E-state index is 9.03. The van der Waals surface area contributed by atoms with Crippen molar-refractivity contribution in [2.45, 2.75) is 18.2 Å². The largest absolute Gasteiger partial charge is 0.389 e. The summed E-state index contributed by atoms with van der Waals surface area (Å²) in [5, 5.41) is 20.9. The molecule has 0 aromatic heterocycles. The molecule has 1 rings (SSSR count). The Morgan fingerprint density at radius 2 is 2.00 bits per heavy atom. The fourth-order valence-corrected chi connectivity index (χ4v) is 0.925. The third-order valence-corrected chi connectivity index (χ3v) is 1.57. The molecule has 0 aromatic rings. The number of nitrogens with one attached hydrogen (secondary N) is 1. The molecule has 0 spiro atoms. The molecule has 0 aliphatic carbocycles. The van der Waals surface area contributed by atoms with Gasteiger partial charge >= 0.3 is 0 Å². The zero-order valence-electron chi connectivity index (χ0n) is 5.12. The van der Waals surface area contributed by atoms with Gasteiger partial charge in [0.05, 0.1) is 12.2 Å². The van der Waals surface area contributed by atoms with Gasteiger partial charge in [-0.3, -0.25) is 0 Å². The number of rotatable bonds is 0. The molecule has 1 aliphatic heterocycles. The van der Waals surface area contributed by atoms with Crippen LogP contribution in [0.4, 0.5) is 0 Å². The van der Waals surface area contributed by atoms with E-state index in [9.17, 15) is 0 Å². The molecule has 0 radical (unpaired) electrons. The first-order chi connectivity index (χ1) is 4.22. The highest BCUT2D eigenvalue weighted by atomic mass is 16.3. The average Bonchev–Trinajstić information content (AvgIpc) is 1.83. The first-order valence-electron chi connectivity index (χ1n) is 3.04. The SMILES string of the molecule is NC1CNCC(O)C1O. The number of piperidine rings is 1. The fourth-order valence-electron chi connectivity index (χ4n) is 0.925. The van der Waals surface area contributed by atoms with E-state index in [1.807, 2.05) is 0 Å². The lowest BCUT2D eigenvalue weighted by Crippen LogP contribution is -2.57. The van der Waals surface area contributed by atoms with Gasteiger partial charge in [-0.15, -0.1) is 0 Å². The zero-order chi connectivity index (χ0) is 6.85. The lowest BCUT2D eigenvalue weighted by Gasteiger charge is -2.29. The van der Waals surface area contributed by atoms with E-state index in [0.717, 1.165) is 0 Å². The van der Waals surface area contributed by atoms with Crippen molar-refractivity contribution in [2.75, 3.05) is 13.1 Å². The molecular weight excluding hydrogens is 120 g/mol. The van der Waals surface area contributed by atoms with Crippen molar-refractivity contribution in [3.8, 4) is 0 Å². The first-order valence-corrected chi connectivity index (χ1v) is 3.04. The normalized spacial score (nSPS) is 45.0.